The molecule has 0 spiro atoms. The van der Waals surface area contributed by atoms with Crippen molar-refractivity contribution >= 4 is 28.5 Å². The highest BCUT2D eigenvalue weighted by molar-refractivity contribution is 6.31. The number of rotatable bonds is 8. The minimum absolute atomic E-state index is 0.147. The first-order valence-electron chi connectivity index (χ1n) is 11.7. The Bertz CT molecular complexity index is 1140. The van der Waals surface area contributed by atoms with Gasteiger partial charge in [0.1, 0.15) is 17.4 Å². The van der Waals surface area contributed by atoms with E-state index in [1.165, 1.54) is 25.0 Å². The lowest BCUT2D eigenvalue weighted by atomic mass is 10.1. The molecule has 1 aliphatic carbocycles. The highest BCUT2D eigenvalue weighted by Crippen LogP contribution is 2.34. The van der Waals surface area contributed by atoms with Crippen molar-refractivity contribution in [2.45, 2.75) is 58.5 Å². The van der Waals surface area contributed by atoms with E-state index in [0.29, 0.717) is 46.9 Å². The summed E-state index contributed by atoms with van der Waals surface area (Å²) in [6.45, 7) is 5.20. The molecule has 0 N–H and O–H groups in total. The van der Waals surface area contributed by atoms with Crippen molar-refractivity contribution in [2.24, 2.45) is 5.92 Å². The summed E-state index contributed by atoms with van der Waals surface area (Å²) in [6.07, 6.45) is 5.32. The highest BCUT2D eigenvalue weighted by atomic mass is 35.5. The molecule has 1 fully saturated rings. The SMILES string of the molecule is COc1ccc(Cl)cc1C(=O)N(CCC(C)C)Cc1nc2cc(F)ccc2n1C1CCCC1. The number of imidazole rings is 1. The second kappa shape index (κ2) is 10.1. The lowest BCUT2D eigenvalue weighted by molar-refractivity contribution is 0.0725. The number of nitrogens with zero attached hydrogens (tertiary/aromatic N) is 3. The van der Waals surface area contributed by atoms with E-state index in [9.17, 15) is 9.18 Å². The van der Waals surface area contributed by atoms with Crippen molar-refractivity contribution < 1.29 is 13.9 Å². The molecule has 33 heavy (non-hydrogen) atoms. The number of hydrogen-bond acceptors (Lipinski definition) is 3. The molecule has 1 heterocycles. The number of ether oxygens (including phenoxy) is 1. The summed E-state index contributed by atoms with van der Waals surface area (Å²) >= 11 is 6.21. The topological polar surface area (TPSA) is 47.4 Å². The lowest BCUT2D eigenvalue weighted by Gasteiger charge is -2.26. The molecule has 1 aromatic heterocycles. The van der Waals surface area contributed by atoms with Crippen molar-refractivity contribution in [3.63, 3.8) is 0 Å². The zero-order chi connectivity index (χ0) is 23.5. The molecule has 5 nitrogen and oxygen atoms in total. The fourth-order valence-corrected chi connectivity index (χ4v) is 4.83. The number of aromatic nitrogens is 2. The Balaban J connectivity index is 1.74. The van der Waals surface area contributed by atoms with Crippen molar-refractivity contribution in [3.05, 3.63) is 58.6 Å². The third-order valence-electron chi connectivity index (χ3n) is 6.40. The van der Waals surface area contributed by atoms with Crippen LogP contribution in [0.15, 0.2) is 36.4 Å². The number of benzene rings is 2. The third-order valence-corrected chi connectivity index (χ3v) is 6.64. The predicted octanol–water partition coefficient (Wildman–Crippen LogP) is 6.64. The first-order valence-corrected chi connectivity index (χ1v) is 12.0. The molecule has 1 amide bonds. The van der Waals surface area contributed by atoms with Gasteiger partial charge in [-0.3, -0.25) is 4.79 Å². The zero-order valence-corrected chi connectivity index (χ0v) is 20.2. The maximum absolute atomic E-state index is 14.0. The zero-order valence-electron chi connectivity index (χ0n) is 19.5. The van der Waals surface area contributed by atoms with E-state index < -0.39 is 0 Å². The van der Waals surface area contributed by atoms with Crippen LogP contribution in [0.2, 0.25) is 5.02 Å². The quantitative estimate of drug-likeness (QED) is 0.370. The normalized spacial score (nSPS) is 14.4. The second-order valence-electron chi connectivity index (χ2n) is 9.22. The maximum atomic E-state index is 14.0. The maximum Gasteiger partial charge on any atom is 0.258 e. The molecule has 0 bridgehead atoms. The molecular formula is C26H31ClFN3O2. The van der Waals surface area contributed by atoms with Crippen molar-refractivity contribution in [3.8, 4) is 5.75 Å². The minimum atomic E-state index is -0.304. The van der Waals surface area contributed by atoms with Gasteiger partial charge in [-0.2, -0.15) is 0 Å². The number of halogens is 2. The summed E-state index contributed by atoms with van der Waals surface area (Å²) in [4.78, 5) is 20.3. The average molecular weight is 472 g/mol. The van der Waals surface area contributed by atoms with Gasteiger partial charge in [0.05, 0.1) is 30.3 Å². The van der Waals surface area contributed by atoms with Crippen LogP contribution < -0.4 is 4.74 Å². The summed E-state index contributed by atoms with van der Waals surface area (Å²) in [7, 11) is 1.55. The standard InChI is InChI=1S/C26H31ClFN3O2/c1-17(2)12-13-30(26(32)21-14-18(27)8-11-24(21)33-3)16-25-29-22-15-19(28)9-10-23(22)31(25)20-6-4-5-7-20/h8-11,14-15,17,20H,4-7,12-13,16H2,1-3H3. The highest BCUT2D eigenvalue weighted by Gasteiger charge is 2.27. The molecule has 1 aliphatic rings. The Morgan fingerprint density at radius 2 is 2.00 bits per heavy atom. The number of methoxy groups -OCH3 is 1. The van der Waals surface area contributed by atoms with Gasteiger partial charge >= 0.3 is 0 Å². The van der Waals surface area contributed by atoms with Gasteiger partial charge in [-0.15, -0.1) is 0 Å². The fourth-order valence-electron chi connectivity index (χ4n) is 4.66. The summed E-state index contributed by atoms with van der Waals surface area (Å²) in [5.74, 6) is 1.27. The Morgan fingerprint density at radius 1 is 1.24 bits per heavy atom. The second-order valence-corrected chi connectivity index (χ2v) is 9.66. The molecule has 1 saturated carbocycles. The van der Waals surface area contributed by atoms with Gasteiger partial charge in [0.2, 0.25) is 0 Å². The Kier molecular flexibility index (Phi) is 7.23. The first-order chi connectivity index (χ1) is 15.9. The molecule has 0 unspecified atom stereocenters. The van der Waals surface area contributed by atoms with Crippen molar-refractivity contribution in [1.82, 2.24) is 14.5 Å². The average Bonchev–Trinajstić information content (AvgIpc) is 3.42. The van der Waals surface area contributed by atoms with Gasteiger partial charge in [-0.05, 0) is 55.5 Å². The van der Waals surface area contributed by atoms with Gasteiger partial charge < -0.3 is 14.2 Å². The third kappa shape index (κ3) is 5.16. The molecule has 2 aromatic carbocycles. The monoisotopic (exact) mass is 471 g/mol. The molecule has 3 aromatic rings. The fraction of sp³-hybridized carbons (Fsp3) is 0.462. The van der Waals surface area contributed by atoms with Crippen LogP contribution in [0, 0.1) is 11.7 Å². The predicted molar refractivity (Wildman–Crippen MR) is 129 cm³/mol. The van der Waals surface area contributed by atoms with E-state index in [2.05, 4.69) is 18.4 Å². The van der Waals surface area contributed by atoms with Crippen LogP contribution in [0.3, 0.4) is 0 Å². The summed E-state index contributed by atoms with van der Waals surface area (Å²) in [5, 5.41) is 0.483. The van der Waals surface area contributed by atoms with Gasteiger partial charge in [0.15, 0.2) is 0 Å². The minimum Gasteiger partial charge on any atom is -0.496 e. The number of carbonyl (C=O) groups excluding carboxylic acids is 1. The van der Waals surface area contributed by atoms with Crippen LogP contribution in [-0.4, -0.2) is 34.0 Å². The van der Waals surface area contributed by atoms with Gasteiger partial charge in [-0.25, -0.2) is 9.37 Å². The summed E-state index contributed by atoms with van der Waals surface area (Å²) in [5.41, 5.74) is 1.99. The molecule has 0 atom stereocenters. The molecule has 0 saturated heterocycles. The molecule has 7 heteroatoms. The van der Waals surface area contributed by atoms with Crippen molar-refractivity contribution in [2.75, 3.05) is 13.7 Å². The van der Waals surface area contributed by atoms with Gasteiger partial charge in [-0.1, -0.05) is 38.3 Å². The lowest BCUT2D eigenvalue weighted by Crippen LogP contribution is -2.33. The largest absolute Gasteiger partial charge is 0.496 e. The Hall–Kier alpha value is -2.60. The summed E-state index contributed by atoms with van der Waals surface area (Å²) < 4.78 is 21.6. The van der Waals surface area contributed by atoms with Crippen LogP contribution in [-0.2, 0) is 6.54 Å². The molecular weight excluding hydrogens is 441 g/mol. The van der Waals surface area contributed by atoms with E-state index in [4.69, 9.17) is 21.3 Å². The molecule has 4 rings (SSSR count). The molecule has 176 valence electrons. The number of hydrogen-bond donors (Lipinski definition) is 0. The number of amides is 1. The van der Waals surface area contributed by atoms with E-state index >= 15 is 0 Å². The Morgan fingerprint density at radius 3 is 2.70 bits per heavy atom. The van der Waals surface area contributed by atoms with Gasteiger partial charge in [0, 0.05) is 23.7 Å². The van der Waals surface area contributed by atoms with Gasteiger partial charge in [0.25, 0.3) is 5.91 Å². The summed E-state index contributed by atoms with van der Waals surface area (Å²) in [6, 6.07) is 10.2. The van der Waals surface area contributed by atoms with Crippen LogP contribution in [0.25, 0.3) is 11.0 Å². The van der Waals surface area contributed by atoms with Crippen LogP contribution in [0.5, 0.6) is 5.75 Å². The van der Waals surface area contributed by atoms with Crippen molar-refractivity contribution in [1.29, 1.82) is 0 Å². The Labute approximate surface area is 199 Å². The number of carbonyl (C=O) groups is 1. The van der Waals surface area contributed by atoms with E-state index in [1.807, 2.05) is 4.90 Å². The van der Waals surface area contributed by atoms with Crippen LogP contribution in [0.1, 0.15) is 68.2 Å². The van der Waals surface area contributed by atoms with E-state index in [0.717, 1.165) is 30.6 Å². The smallest absolute Gasteiger partial charge is 0.258 e. The van der Waals surface area contributed by atoms with E-state index in [1.54, 1.807) is 31.4 Å². The first kappa shape index (κ1) is 23.6. The molecule has 0 radical (unpaired) electrons. The number of fused-ring (bicyclic) bond motifs is 1. The van der Waals surface area contributed by atoms with E-state index in [-0.39, 0.29) is 11.7 Å². The molecule has 0 aliphatic heterocycles. The van der Waals surface area contributed by atoms with Crippen LogP contribution in [0.4, 0.5) is 4.39 Å². The van der Waals surface area contributed by atoms with Crippen LogP contribution >= 0.6 is 11.6 Å².